The van der Waals surface area contributed by atoms with Gasteiger partial charge in [0.15, 0.2) is 19.4 Å². The largest absolute Gasteiger partial charge is 0.359 e. The van der Waals surface area contributed by atoms with Crippen LogP contribution in [0.4, 0.5) is 0 Å². The lowest BCUT2D eigenvalue weighted by atomic mass is 9.44. The molecule has 0 aromatic rings. The van der Waals surface area contributed by atoms with E-state index in [4.69, 9.17) is 28.4 Å². The summed E-state index contributed by atoms with van der Waals surface area (Å²) in [6.45, 7) is 5.58. The van der Waals surface area contributed by atoms with Crippen molar-refractivity contribution in [2.75, 3.05) is 34.1 Å². The molecule has 188 valence electrons. The first-order valence-electron chi connectivity index (χ1n) is 12.6. The lowest BCUT2D eigenvalue weighted by Gasteiger charge is -2.62. The van der Waals surface area contributed by atoms with Gasteiger partial charge in [-0.15, -0.1) is 0 Å². The Morgan fingerprint density at radius 3 is 2.71 bits per heavy atom. The van der Waals surface area contributed by atoms with Crippen LogP contribution in [0, 0.1) is 34.5 Å². The van der Waals surface area contributed by atoms with E-state index in [0.717, 1.165) is 38.4 Å². The Morgan fingerprint density at radius 2 is 1.97 bits per heavy atom. The van der Waals surface area contributed by atoms with E-state index in [9.17, 15) is 9.59 Å². The third-order valence-corrected chi connectivity index (χ3v) is 10.5. The SMILES string of the molecule is COCO[C@H]1C[C@@]2(C)[C@@H](CC[C@@]23OCOC32COCO2)[C@@H]2CCC3=CC(=O)C(C=O)C[C@]3(C)[C@H]21. The molecule has 0 radical (unpaired) electrons. The van der Waals surface area contributed by atoms with E-state index >= 15 is 0 Å². The lowest BCUT2D eigenvalue weighted by molar-refractivity contribution is -0.264. The molecule has 5 fully saturated rings. The molecule has 34 heavy (non-hydrogen) atoms. The number of hydrogen-bond acceptors (Lipinski definition) is 8. The zero-order valence-electron chi connectivity index (χ0n) is 20.4. The monoisotopic (exact) mass is 476 g/mol. The van der Waals surface area contributed by atoms with Gasteiger partial charge in [0.1, 0.15) is 25.3 Å². The molecule has 2 aliphatic heterocycles. The highest BCUT2D eigenvalue weighted by molar-refractivity contribution is 6.02. The molecular weight excluding hydrogens is 440 g/mol. The molecule has 0 aromatic heterocycles. The fraction of sp³-hybridized carbons (Fsp3) is 0.846. The van der Waals surface area contributed by atoms with Crippen LogP contribution in [-0.2, 0) is 38.0 Å². The van der Waals surface area contributed by atoms with Gasteiger partial charge >= 0.3 is 0 Å². The van der Waals surface area contributed by atoms with Gasteiger partial charge in [0.05, 0.1) is 12.0 Å². The molecule has 6 rings (SSSR count). The van der Waals surface area contributed by atoms with Crippen LogP contribution in [0.3, 0.4) is 0 Å². The summed E-state index contributed by atoms with van der Waals surface area (Å²) in [6, 6.07) is 0. The molecule has 4 aliphatic carbocycles. The Kier molecular flexibility index (Phi) is 5.42. The molecule has 2 saturated heterocycles. The van der Waals surface area contributed by atoms with Crippen LogP contribution in [-0.4, -0.2) is 63.7 Å². The van der Waals surface area contributed by atoms with Crippen molar-refractivity contribution >= 4 is 12.1 Å². The number of aldehydes is 1. The number of allylic oxidation sites excluding steroid dienone is 1. The molecule has 0 amide bonds. The average Bonchev–Trinajstić information content (AvgIpc) is 3.52. The number of fused-ring (bicyclic) bond motifs is 7. The van der Waals surface area contributed by atoms with Gasteiger partial charge < -0.3 is 33.2 Å². The van der Waals surface area contributed by atoms with E-state index < -0.39 is 17.3 Å². The van der Waals surface area contributed by atoms with Crippen molar-refractivity contribution in [1.29, 1.82) is 0 Å². The fourth-order valence-electron chi connectivity index (χ4n) is 9.18. The third-order valence-electron chi connectivity index (χ3n) is 10.5. The van der Waals surface area contributed by atoms with Crippen LogP contribution in [0.2, 0.25) is 0 Å². The van der Waals surface area contributed by atoms with Crippen LogP contribution in [0.1, 0.15) is 52.4 Å². The first-order chi connectivity index (χ1) is 16.3. The Hall–Kier alpha value is -1.16. The molecule has 9 atom stereocenters. The average molecular weight is 477 g/mol. The van der Waals surface area contributed by atoms with Crippen LogP contribution in [0.25, 0.3) is 0 Å². The van der Waals surface area contributed by atoms with Gasteiger partial charge in [-0.2, -0.15) is 0 Å². The molecule has 0 aromatic carbocycles. The van der Waals surface area contributed by atoms with E-state index in [1.807, 2.05) is 0 Å². The third kappa shape index (κ3) is 2.81. The Morgan fingerprint density at radius 1 is 1.15 bits per heavy atom. The number of ether oxygens (including phenoxy) is 6. The first-order valence-corrected chi connectivity index (χ1v) is 12.6. The van der Waals surface area contributed by atoms with Gasteiger partial charge in [-0.05, 0) is 67.8 Å². The molecule has 0 N–H and O–H groups in total. The van der Waals surface area contributed by atoms with Gasteiger partial charge in [0.2, 0.25) is 5.79 Å². The zero-order valence-corrected chi connectivity index (χ0v) is 20.4. The molecule has 2 heterocycles. The maximum absolute atomic E-state index is 12.6. The summed E-state index contributed by atoms with van der Waals surface area (Å²) in [6.07, 6.45) is 7.59. The maximum Gasteiger partial charge on any atom is 0.226 e. The van der Waals surface area contributed by atoms with Crippen molar-refractivity contribution < 1.29 is 38.0 Å². The quantitative estimate of drug-likeness (QED) is 0.348. The molecule has 8 nitrogen and oxygen atoms in total. The molecule has 6 aliphatic rings. The van der Waals surface area contributed by atoms with E-state index in [1.165, 1.54) is 5.57 Å². The second kappa shape index (κ2) is 7.92. The predicted octanol–water partition coefficient (Wildman–Crippen LogP) is 2.99. The molecule has 2 unspecified atom stereocenters. The normalized spacial score (nSPS) is 51.9. The minimum Gasteiger partial charge on any atom is -0.359 e. The standard InChI is InChI=1S/C26H36O8/c1-23-9-16(11-27)20(28)8-17(23)4-5-18-19-6-7-25(26(34-15-32-25)12-30-14-33-26)24(19,2)10-21(22(18)23)31-13-29-3/h8,11,16,18-19,21-22H,4-7,9-10,12-15H2,1-3H3/t16?,18-,19-,21-,22+,23-,24-,25+,26?/m0/s1. The summed E-state index contributed by atoms with van der Waals surface area (Å²) in [5.41, 5.74) is 0.105. The molecular formula is C26H36O8. The van der Waals surface area contributed by atoms with Crippen molar-refractivity contribution in [1.82, 2.24) is 0 Å². The minimum absolute atomic E-state index is 0.0485. The number of rotatable bonds is 4. The molecule has 0 bridgehead atoms. The van der Waals surface area contributed by atoms with E-state index in [0.29, 0.717) is 24.9 Å². The summed E-state index contributed by atoms with van der Waals surface area (Å²) >= 11 is 0. The van der Waals surface area contributed by atoms with Crippen molar-refractivity contribution in [3.8, 4) is 0 Å². The lowest BCUT2D eigenvalue weighted by Crippen LogP contribution is -2.66. The van der Waals surface area contributed by atoms with Crippen LogP contribution in [0.5, 0.6) is 0 Å². The zero-order chi connectivity index (χ0) is 23.8. The van der Waals surface area contributed by atoms with Gasteiger partial charge in [0, 0.05) is 12.5 Å². The van der Waals surface area contributed by atoms with Gasteiger partial charge in [-0.1, -0.05) is 19.4 Å². The second-order valence-corrected chi connectivity index (χ2v) is 11.6. The second-order valence-electron chi connectivity index (χ2n) is 11.6. The van der Waals surface area contributed by atoms with Gasteiger partial charge in [0.25, 0.3) is 0 Å². The molecule has 8 heteroatoms. The number of carbonyl (C=O) groups is 2. The first kappa shape index (κ1) is 23.3. The summed E-state index contributed by atoms with van der Waals surface area (Å²) in [7, 11) is 1.64. The van der Waals surface area contributed by atoms with E-state index in [-0.39, 0.29) is 49.0 Å². The maximum atomic E-state index is 12.6. The highest BCUT2D eigenvalue weighted by Crippen LogP contribution is 2.72. The van der Waals surface area contributed by atoms with E-state index in [2.05, 4.69) is 13.8 Å². The fourth-order valence-corrected chi connectivity index (χ4v) is 9.18. The van der Waals surface area contributed by atoms with Crippen molar-refractivity contribution in [2.45, 2.75) is 69.9 Å². The Balaban J connectivity index is 1.42. The van der Waals surface area contributed by atoms with Crippen molar-refractivity contribution in [3.05, 3.63) is 11.6 Å². The van der Waals surface area contributed by atoms with Crippen LogP contribution >= 0.6 is 0 Å². The Labute approximate surface area is 200 Å². The summed E-state index contributed by atoms with van der Waals surface area (Å²) in [4.78, 5) is 24.4. The summed E-state index contributed by atoms with van der Waals surface area (Å²) < 4.78 is 36.2. The van der Waals surface area contributed by atoms with Gasteiger partial charge in [-0.3, -0.25) is 4.79 Å². The molecule has 2 spiro atoms. The van der Waals surface area contributed by atoms with Crippen molar-refractivity contribution in [2.24, 2.45) is 34.5 Å². The summed E-state index contributed by atoms with van der Waals surface area (Å²) in [5, 5.41) is 0. The van der Waals surface area contributed by atoms with E-state index in [1.54, 1.807) is 13.2 Å². The van der Waals surface area contributed by atoms with Crippen molar-refractivity contribution in [3.63, 3.8) is 0 Å². The number of hydrogen-bond donors (Lipinski definition) is 0. The topological polar surface area (TPSA) is 89.5 Å². The highest BCUT2D eigenvalue weighted by atomic mass is 16.9. The minimum atomic E-state index is -0.876. The van der Waals surface area contributed by atoms with Crippen LogP contribution in [0.15, 0.2) is 11.6 Å². The number of ketones is 1. The van der Waals surface area contributed by atoms with Crippen LogP contribution < -0.4 is 0 Å². The smallest absolute Gasteiger partial charge is 0.226 e. The number of carbonyl (C=O) groups excluding carboxylic acids is 2. The van der Waals surface area contributed by atoms with Gasteiger partial charge in [-0.25, -0.2) is 0 Å². The Bertz CT molecular complexity index is 890. The predicted molar refractivity (Wildman–Crippen MR) is 118 cm³/mol. The molecule has 3 saturated carbocycles. The summed E-state index contributed by atoms with van der Waals surface area (Å²) in [5.74, 6) is -0.520. The number of methoxy groups -OCH3 is 1. The highest BCUT2D eigenvalue weighted by Gasteiger charge is 2.77.